The molecule has 27 heteroatoms. The number of carbonyl (C=O) groups excluding carboxylic acids is 9. The molecule has 414 valence electrons. The summed E-state index contributed by atoms with van der Waals surface area (Å²) in [5, 5.41) is 55.8. The van der Waals surface area contributed by atoms with Gasteiger partial charge in [-0.2, -0.15) is 0 Å². The number of hydrogen-bond acceptors (Lipinski definition) is 15. The second-order valence-corrected chi connectivity index (χ2v) is 19.0. The second-order valence-electron chi connectivity index (χ2n) is 19.0. The lowest BCUT2D eigenvalue weighted by Crippen LogP contribution is -2.63. The summed E-state index contributed by atoms with van der Waals surface area (Å²) in [4.78, 5) is 140. The summed E-state index contributed by atoms with van der Waals surface area (Å²) in [6, 6.07) is -6.75. The number of nitrogens with zero attached hydrogens (tertiary/aromatic N) is 3. The van der Waals surface area contributed by atoms with E-state index in [2.05, 4.69) is 36.9 Å². The predicted octanol–water partition coefficient (Wildman–Crippen LogP) is -3.84. The predicted molar refractivity (Wildman–Crippen MR) is 265 cm³/mol. The number of carbonyl (C=O) groups is 10. The third-order valence-electron chi connectivity index (χ3n) is 12.7. The Kier molecular flexibility index (Phi) is 24.6. The highest BCUT2D eigenvalue weighted by atomic mass is 16.5. The fraction of sp³-hybridized carbons (Fsp3) is 0.638. The molecule has 1 aliphatic heterocycles. The third kappa shape index (κ3) is 18.1. The first kappa shape index (κ1) is 63.0. The van der Waals surface area contributed by atoms with Crippen LogP contribution in [0.3, 0.4) is 0 Å². The van der Waals surface area contributed by atoms with E-state index in [0.717, 1.165) is 16.7 Å². The molecule has 27 nitrogen and oxygen atoms in total. The van der Waals surface area contributed by atoms with Crippen molar-refractivity contribution in [3.05, 3.63) is 29.8 Å². The number of carboxylic acids is 1. The summed E-state index contributed by atoms with van der Waals surface area (Å²) < 4.78 is 5.65. The molecule has 1 aromatic carbocycles. The van der Waals surface area contributed by atoms with Gasteiger partial charge in [0.2, 0.25) is 53.2 Å². The van der Waals surface area contributed by atoms with Crippen molar-refractivity contribution in [3.8, 4) is 5.75 Å². The normalized spacial score (nSPS) is 19.3. The number of nitrogens with two attached hydrogens (primary N) is 3. The van der Waals surface area contributed by atoms with Crippen LogP contribution >= 0.6 is 0 Å². The van der Waals surface area contributed by atoms with E-state index in [1.165, 1.54) is 59.3 Å². The van der Waals surface area contributed by atoms with Crippen molar-refractivity contribution in [1.29, 1.82) is 0 Å². The van der Waals surface area contributed by atoms with Crippen LogP contribution in [-0.4, -0.2) is 184 Å². The van der Waals surface area contributed by atoms with Crippen LogP contribution < -0.4 is 49.1 Å². The number of phenols is 1. The zero-order chi connectivity index (χ0) is 56.5. The standard InChI is InChI=1S/C47H76N12O15/c1-21(2)20-30(44(70)59(9)31(17-18-32(48)63)40(66)57-36(45(71)58(8)24(5)46(72)73)37(74-10)27-13-15-28(62)16-14-27)53-39(65)29(12-11-19-51-47(49)50)52-42(68)34(25(6)60)56-43(69)35(26(7)61)55-41(67)33-22(3)23(4)38(64)54-33/h13-16,21-26,29-31,33-37,60-62H,11-12,17-20H2,1-10H3,(H2,48,63)(H,52,68)(H,53,65)(H,54,64)(H,55,67)(H,56,69)(H,57,66)(H,72,73)(H4,49,50,51)/t22-,23+,24-,25+,26+,29+,30-,31-,33+,34+,35+,36+,37+/m0/s1. The van der Waals surface area contributed by atoms with E-state index in [-0.39, 0.29) is 54.9 Å². The largest absolute Gasteiger partial charge is 0.508 e. The fourth-order valence-corrected chi connectivity index (χ4v) is 7.94. The molecule has 0 spiro atoms. The molecule has 1 aromatic rings. The number of amides is 9. The molecule has 74 heavy (non-hydrogen) atoms. The molecule has 0 unspecified atom stereocenters. The van der Waals surface area contributed by atoms with Crippen molar-refractivity contribution in [2.45, 2.75) is 147 Å². The topological polar surface area (TPSA) is 430 Å². The zero-order valence-electron chi connectivity index (χ0n) is 43.5. The molecule has 16 N–H and O–H groups in total. The number of likely N-dealkylation sites (N-methyl/N-ethyl adjacent to an activating group) is 2. The molecule has 1 aliphatic rings. The van der Waals surface area contributed by atoms with Gasteiger partial charge in [-0.15, -0.1) is 0 Å². The third-order valence-corrected chi connectivity index (χ3v) is 12.7. The van der Waals surface area contributed by atoms with Crippen LogP contribution in [0, 0.1) is 17.8 Å². The minimum absolute atomic E-state index is 0.0356. The van der Waals surface area contributed by atoms with Gasteiger partial charge in [0.05, 0.1) is 12.2 Å². The number of aliphatic hydroxyl groups excluding tert-OH is 2. The molecule has 0 aromatic heterocycles. The average molecular weight is 1050 g/mol. The van der Waals surface area contributed by atoms with Crippen molar-refractivity contribution in [3.63, 3.8) is 0 Å². The molecule has 2 rings (SSSR count). The molecule has 9 amide bonds. The van der Waals surface area contributed by atoms with Crippen molar-refractivity contribution in [1.82, 2.24) is 41.7 Å². The number of rotatable bonds is 29. The lowest BCUT2D eigenvalue weighted by Gasteiger charge is -2.35. The van der Waals surface area contributed by atoms with Crippen LogP contribution in [0.15, 0.2) is 29.3 Å². The van der Waals surface area contributed by atoms with Gasteiger partial charge in [-0.3, -0.25) is 48.1 Å². The molecule has 1 saturated heterocycles. The van der Waals surface area contributed by atoms with Crippen molar-refractivity contribution < 1.29 is 73.1 Å². The van der Waals surface area contributed by atoms with Crippen LogP contribution in [0.1, 0.15) is 92.2 Å². The van der Waals surface area contributed by atoms with Crippen LogP contribution in [-0.2, 0) is 52.7 Å². The van der Waals surface area contributed by atoms with Gasteiger partial charge in [0.25, 0.3) is 0 Å². The lowest BCUT2D eigenvalue weighted by molar-refractivity contribution is -0.152. The molecule has 0 aliphatic carbocycles. The molecular formula is C47H76N12O15. The van der Waals surface area contributed by atoms with E-state index in [4.69, 9.17) is 21.9 Å². The highest BCUT2D eigenvalue weighted by Gasteiger charge is 2.44. The Bertz CT molecular complexity index is 2190. The maximum absolute atomic E-state index is 14.6. The van der Waals surface area contributed by atoms with Gasteiger partial charge in [-0.1, -0.05) is 39.8 Å². The Labute approximate surface area is 429 Å². The summed E-state index contributed by atoms with van der Waals surface area (Å²) >= 11 is 0. The Morgan fingerprint density at radius 3 is 1.77 bits per heavy atom. The van der Waals surface area contributed by atoms with Crippen LogP contribution in [0.2, 0.25) is 0 Å². The highest BCUT2D eigenvalue weighted by Crippen LogP contribution is 2.26. The minimum Gasteiger partial charge on any atom is -0.508 e. The van der Waals surface area contributed by atoms with Gasteiger partial charge in [0.15, 0.2) is 5.96 Å². The number of benzene rings is 1. The van der Waals surface area contributed by atoms with E-state index < -0.39 is 145 Å². The number of aliphatic carboxylic acids is 1. The van der Waals surface area contributed by atoms with Gasteiger partial charge >= 0.3 is 5.97 Å². The van der Waals surface area contributed by atoms with Gasteiger partial charge in [-0.25, -0.2) is 4.79 Å². The van der Waals surface area contributed by atoms with Gasteiger partial charge in [0, 0.05) is 40.1 Å². The van der Waals surface area contributed by atoms with E-state index in [9.17, 15) is 68.4 Å². The van der Waals surface area contributed by atoms with E-state index in [1.807, 2.05) is 0 Å². The number of aliphatic hydroxyl groups is 2. The molecule has 1 fully saturated rings. The van der Waals surface area contributed by atoms with E-state index in [0.29, 0.717) is 0 Å². The number of primary amides is 1. The number of guanidine groups is 1. The number of aromatic hydroxyl groups is 1. The van der Waals surface area contributed by atoms with E-state index >= 15 is 0 Å². The molecular weight excluding hydrogens is 973 g/mol. The minimum atomic E-state index is -1.81. The van der Waals surface area contributed by atoms with Crippen LogP contribution in [0.4, 0.5) is 0 Å². The number of aliphatic imine (C=N–C) groups is 1. The fourth-order valence-electron chi connectivity index (χ4n) is 7.94. The maximum Gasteiger partial charge on any atom is 0.326 e. The summed E-state index contributed by atoms with van der Waals surface area (Å²) in [7, 11) is 3.61. The van der Waals surface area contributed by atoms with Gasteiger partial charge in [-0.05, 0) is 76.0 Å². The SMILES string of the molecule is CO[C@H](c1ccc(O)cc1)[C@@H](NC(=O)[C@H](CCC(N)=O)N(C)C(=O)[C@H](CC(C)C)NC(=O)[C@@H](CCCN=C(N)N)NC(=O)[C@H](NC(=O)[C@H](NC(=O)[C@@H]1NC(=O)[C@H](C)[C@@H]1C)[C@@H](C)O)[C@@H](C)O)C(=O)N(C)[C@@H](C)C(=O)O. The number of phenolic OH excluding ortho intramolecular Hbond substituents is 1. The maximum atomic E-state index is 14.6. The van der Waals surface area contributed by atoms with E-state index in [1.54, 1.807) is 27.7 Å². The summed E-state index contributed by atoms with van der Waals surface area (Å²) in [6.45, 7) is 10.3. The molecule has 0 radical (unpaired) electrons. The smallest absolute Gasteiger partial charge is 0.326 e. The highest BCUT2D eigenvalue weighted by molar-refractivity contribution is 5.99. The first-order valence-electron chi connectivity index (χ1n) is 24.0. The second kappa shape index (κ2) is 28.9. The quantitative estimate of drug-likeness (QED) is 0.0208. The summed E-state index contributed by atoms with van der Waals surface area (Å²) in [5.41, 5.74) is 16.7. The number of carboxylic acid groups (broad SMARTS) is 1. The van der Waals surface area contributed by atoms with Crippen molar-refractivity contribution >= 4 is 65.1 Å². The molecule has 1 heterocycles. The first-order valence-corrected chi connectivity index (χ1v) is 24.0. The lowest BCUT2D eigenvalue weighted by atomic mass is 9.93. The first-order chi connectivity index (χ1) is 34.4. The zero-order valence-corrected chi connectivity index (χ0v) is 43.5. The molecule has 0 saturated carbocycles. The molecule has 13 atom stereocenters. The Morgan fingerprint density at radius 1 is 0.743 bits per heavy atom. The Morgan fingerprint density at radius 2 is 1.28 bits per heavy atom. The number of ether oxygens (including phenoxy) is 1. The van der Waals surface area contributed by atoms with Gasteiger partial charge < -0.3 is 84.1 Å². The monoisotopic (exact) mass is 1050 g/mol. The van der Waals surface area contributed by atoms with Gasteiger partial charge in [0.1, 0.15) is 60.2 Å². The summed E-state index contributed by atoms with van der Waals surface area (Å²) in [6.07, 6.45) is -5.57. The Balaban J connectivity index is 2.55. The van der Waals surface area contributed by atoms with Crippen molar-refractivity contribution in [2.75, 3.05) is 27.7 Å². The average Bonchev–Trinajstić information content (AvgIpc) is 3.58. The number of hydrogen-bond donors (Lipinski definition) is 13. The van der Waals surface area contributed by atoms with Crippen LogP contribution in [0.25, 0.3) is 0 Å². The number of methoxy groups -OCH3 is 1. The molecule has 0 bridgehead atoms. The van der Waals surface area contributed by atoms with Crippen LogP contribution in [0.5, 0.6) is 5.75 Å². The summed E-state index contributed by atoms with van der Waals surface area (Å²) in [5.74, 6) is -11.2. The van der Waals surface area contributed by atoms with Crippen molar-refractivity contribution in [2.24, 2.45) is 39.9 Å². The Hall–Kier alpha value is -7.13. The number of nitrogens with one attached hydrogen (secondary N) is 6.